The topological polar surface area (TPSA) is 55.0 Å². The van der Waals surface area contributed by atoms with Gasteiger partial charge in [0.15, 0.2) is 5.65 Å². The van der Waals surface area contributed by atoms with Gasteiger partial charge in [-0.1, -0.05) is 30.3 Å². The molecule has 160 valence electrons. The van der Waals surface area contributed by atoms with E-state index in [9.17, 15) is 0 Å². The van der Waals surface area contributed by atoms with Crippen molar-refractivity contribution in [2.75, 3.05) is 39.8 Å². The highest BCUT2D eigenvalue weighted by molar-refractivity contribution is 5.95. The molecule has 0 amide bonds. The Kier molecular flexibility index (Phi) is 5.29. The highest BCUT2D eigenvalue weighted by Crippen LogP contribution is 2.33. The molecule has 0 aliphatic carbocycles. The summed E-state index contributed by atoms with van der Waals surface area (Å²) in [5.41, 5.74) is 6.06. The van der Waals surface area contributed by atoms with Gasteiger partial charge in [0, 0.05) is 51.5 Å². The Morgan fingerprint density at radius 1 is 0.839 bits per heavy atom. The first-order valence-electron chi connectivity index (χ1n) is 10.9. The molecule has 1 aliphatic heterocycles. The van der Waals surface area contributed by atoms with Gasteiger partial charge in [-0.25, -0.2) is 4.68 Å². The van der Waals surface area contributed by atoms with Crippen LogP contribution in [0.4, 0.5) is 0 Å². The fourth-order valence-electron chi connectivity index (χ4n) is 4.41. The molecule has 1 fully saturated rings. The third-order valence-corrected chi connectivity index (χ3v) is 6.36. The number of aromatic nitrogens is 5. The summed E-state index contributed by atoms with van der Waals surface area (Å²) < 4.78 is 4.17. The van der Waals surface area contributed by atoms with E-state index in [-0.39, 0.29) is 0 Å². The van der Waals surface area contributed by atoms with Crippen LogP contribution in [0.5, 0.6) is 0 Å². The normalized spacial score (nSPS) is 15.7. The van der Waals surface area contributed by atoms with Crippen LogP contribution in [0.15, 0.2) is 48.7 Å². The van der Waals surface area contributed by atoms with Gasteiger partial charge >= 0.3 is 0 Å². The average molecular weight is 416 g/mol. The second-order valence-electron chi connectivity index (χ2n) is 8.46. The number of hydrogen-bond acceptors (Lipinski definition) is 5. The van der Waals surface area contributed by atoms with Gasteiger partial charge in [-0.15, -0.1) is 10.2 Å². The lowest BCUT2D eigenvalue weighted by Crippen LogP contribution is -2.45. The van der Waals surface area contributed by atoms with Gasteiger partial charge in [0.25, 0.3) is 0 Å². The zero-order valence-electron chi connectivity index (χ0n) is 18.5. The lowest BCUT2D eigenvalue weighted by atomic mass is 10.0. The molecule has 31 heavy (non-hydrogen) atoms. The standard InChI is InChI=1S/C24H29N7/c1-18-21-23(20-10-7-11-29(20)3)27-31(17-16-30-14-12-28(2)13-15-30)24(21)26-25-22(18)19-8-5-4-6-9-19/h4-11H,12-17H2,1-3H3. The number of benzene rings is 1. The molecule has 0 unspecified atom stereocenters. The van der Waals surface area contributed by atoms with Crippen LogP contribution in [0.2, 0.25) is 0 Å². The van der Waals surface area contributed by atoms with E-state index in [0.717, 1.165) is 78.5 Å². The summed E-state index contributed by atoms with van der Waals surface area (Å²) in [7, 11) is 4.25. The van der Waals surface area contributed by atoms with Crippen molar-refractivity contribution in [3.63, 3.8) is 0 Å². The molecule has 1 aromatic carbocycles. The van der Waals surface area contributed by atoms with Crippen LogP contribution in [-0.4, -0.2) is 74.1 Å². The second kappa shape index (κ2) is 8.24. The first kappa shape index (κ1) is 19.9. The van der Waals surface area contributed by atoms with E-state index < -0.39 is 0 Å². The third-order valence-electron chi connectivity index (χ3n) is 6.36. The largest absolute Gasteiger partial charge is 0.349 e. The fraction of sp³-hybridized carbons (Fsp3) is 0.375. The first-order chi connectivity index (χ1) is 15.1. The molecule has 0 bridgehead atoms. The SMILES string of the molecule is Cc1c(-c2ccccc2)nnc2c1c(-c1cccn1C)nn2CCN1CCN(C)CC1. The van der Waals surface area contributed by atoms with Crippen LogP contribution in [-0.2, 0) is 13.6 Å². The van der Waals surface area contributed by atoms with Crippen molar-refractivity contribution >= 4 is 11.0 Å². The number of fused-ring (bicyclic) bond motifs is 1. The van der Waals surface area contributed by atoms with Gasteiger partial charge in [-0.3, -0.25) is 4.90 Å². The zero-order chi connectivity index (χ0) is 21.4. The quantitative estimate of drug-likeness (QED) is 0.501. The summed E-state index contributed by atoms with van der Waals surface area (Å²) in [6.07, 6.45) is 2.06. The third kappa shape index (κ3) is 3.75. The minimum Gasteiger partial charge on any atom is -0.349 e. The smallest absolute Gasteiger partial charge is 0.181 e. The highest BCUT2D eigenvalue weighted by atomic mass is 15.4. The molecule has 0 saturated carbocycles. The monoisotopic (exact) mass is 415 g/mol. The van der Waals surface area contributed by atoms with Crippen LogP contribution >= 0.6 is 0 Å². The van der Waals surface area contributed by atoms with E-state index >= 15 is 0 Å². The Morgan fingerprint density at radius 3 is 2.32 bits per heavy atom. The Labute approximate surface area is 182 Å². The molecule has 7 nitrogen and oxygen atoms in total. The number of nitrogens with zero attached hydrogens (tertiary/aromatic N) is 7. The lowest BCUT2D eigenvalue weighted by molar-refractivity contribution is 0.149. The van der Waals surface area contributed by atoms with Crippen LogP contribution in [0.25, 0.3) is 33.7 Å². The molecule has 1 aliphatic rings. The summed E-state index contributed by atoms with van der Waals surface area (Å²) in [5.74, 6) is 0. The van der Waals surface area contributed by atoms with E-state index in [1.165, 1.54) is 0 Å². The molecule has 0 N–H and O–H groups in total. The van der Waals surface area contributed by atoms with E-state index in [1.807, 2.05) is 22.9 Å². The molecule has 7 heteroatoms. The summed E-state index contributed by atoms with van der Waals surface area (Å²) in [5, 5.41) is 15.4. The van der Waals surface area contributed by atoms with Crippen molar-refractivity contribution in [2.24, 2.45) is 7.05 Å². The maximum Gasteiger partial charge on any atom is 0.181 e. The maximum atomic E-state index is 5.04. The average Bonchev–Trinajstić information content (AvgIpc) is 3.38. The van der Waals surface area contributed by atoms with Gasteiger partial charge in [-0.2, -0.15) is 5.10 Å². The predicted molar refractivity (Wildman–Crippen MR) is 124 cm³/mol. The van der Waals surface area contributed by atoms with Crippen LogP contribution in [0, 0.1) is 6.92 Å². The number of rotatable bonds is 5. The summed E-state index contributed by atoms with van der Waals surface area (Å²) in [6, 6.07) is 14.5. The van der Waals surface area contributed by atoms with Gasteiger partial charge in [0.05, 0.1) is 23.3 Å². The Hall–Kier alpha value is -3.03. The van der Waals surface area contributed by atoms with Gasteiger partial charge in [0.2, 0.25) is 0 Å². The molecule has 0 spiro atoms. The number of piperazine rings is 1. The van der Waals surface area contributed by atoms with Gasteiger partial charge in [-0.05, 0) is 31.7 Å². The molecular weight excluding hydrogens is 386 g/mol. The van der Waals surface area contributed by atoms with Crippen molar-refractivity contribution < 1.29 is 0 Å². The summed E-state index contributed by atoms with van der Waals surface area (Å²) in [4.78, 5) is 4.89. The lowest BCUT2D eigenvalue weighted by Gasteiger charge is -2.32. The molecule has 1 saturated heterocycles. The van der Waals surface area contributed by atoms with E-state index in [1.54, 1.807) is 0 Å². The molecule has 5 rings (SSSR count). The first-order valence-corrected chi connectivity index (χ1v) is 10.9. The summed E-state index contributed by atoms with van der Waals surface area (Å²) in [6.45, 7) is 8.36. The van der Waals surface area contributed by atoms with Crippen LogP contribution < -0.4 is 0 Å². The van der Waals surface area contributed by atoms with Crippen molar-refractivity contribution in [1.29, 1.82) is 0 Å². The minimum atomic E-state index is 0.809. The molecule has 4 aromatic rings. The minimum absolute atomic E-state index is 0.809. The fourth-order valence-corrected chi connectivity index (χ4v) is 4.41. The van der Waals surface area contributed by atoms with Crippen molar-refractivity contribution in [3.05, 3.63) is 54.2 Å². The number of likely N-dealkylation sites (N-methyl/N-ethyl adjacent to an activating group) is 1. The predicted octanol–water partition coefficient (Wildman–Crippen LogP) is 3.05. The summed E-state index contributed by atoms with van der Waals surface area (Å²) >= 11 is 0. The van der Waals surface area contributed by atoms with Gasteiger partial charge < -0.3 is 9.47 Å². The Bertz CT molecular complexity index is 1180. The molecule has 0 radical (unpaired) electrons. The number of aryl methyl sites for hydroxylation is 2. The zero-order valence-corrected chi connectivity index (χ0v) is 18.5. The Balaban J connectivity index is 1.57. The van der Waals surface area contributed by atoms with Crippen LogP contribution in [0.3, 0.4) is 0 Å². The maximum absolute atomic E-state index is 5.04. The molecule has 0 atom stereocenters. The van der Waals surface area contributed by atoms with E-state index in [0.29, 0.717) is 0 Å². The van der Waals surface area contributed by atoms with E-state index in [4.69, 9.17) is 5.10 Å². The van der Waals surface area contributed by atoms with Crippen molar-refractivity contribution in [1.82, 2.24) is 34.3 Å². The van der Waals surface area contributed by atoms with E-state index in [2.05, 4.69) is 76.0 Å². The Morgan fingerprint density at radius 2 is 1.61 bits per heavy atom. The van der Waals surface area contributed by atoms with Crippen molar-refractivity contribution in [2.45, 2.75) is 13.5 Å². The molecule has 3 aromatic heterocycles. The number of hydrogen-bond donors (Lipinski definition) is 0. The molecular formula is C24H29N7. The van der Waals surface area contributed by atoms with Crippen LogP contribution in [0.1, 0.15) is 5.56 Å². The highest BCUT2D eigenvalue weighted by Gasteiger charge is 2.22. The molecule has 4 heterocycles. The van der Waals surface area contributed by atoms with Gasteiger partial charge in [0.1, 0.15) is 5.69 Å². The second-order valence-corrected chi connectivity index (χ2v) is 8.46. The van der Waals surface area contributed by atoms with Crippen molar-refractivity contribution in [3.8, 4) is 22.6 Å².